The Kier molecular flexibility index (Phi) is 6.40. The van der Waals surface area contributed by atoms with Crippen molar-refractivity contribution in [1.82, 2.24) is 0 Å². The summed E-state index contributed by atoms with van der Waals surface area (Å²) in [7, 11) is 0. The fourth-order valence-corrected chi connectivity index (χ4v) is 4.71. The molecule has 0 fully saturated rings. The summed E-state index contributed by atoms with van der Waals surface area (Å²) in [4.78, 5) is 25.5. The molecule has 1 atom stereocenters. The van der Waals surface area contributed by atoms with Gasteiger partial charge in [-0.15, -0.1) is 0 Å². The molecule has 2 aliphatic rings. The van der Waals surface area contributed by atoms with Crippen LogP contribution >= 0.6 is 0 Å². The van der Waals surface area contributed by atoms with E-state index in [-0.39, 0.29) is 35.2 Å². The third-order valence-electron chi connectivity index (χ3n) is 6.40. The number of para-hydroxylation sites is 1. The monoisotopic (exact) mass is 471 g/mol. The van der Waals surface area contributed by atoms with Gasteiger partial charge in [0, 0.05) is 24.1 Å². The summed E-state index contributed by atoms with van der Waals surface area (Å²) in [5.74, 6) is 0.182. The van der Waals surface area contributed by atoms with Crippen molar-refractivity contribution in [2.75, 3.05) is 11.9 Å². The number of aryl methyl sites for hydroxylation is 2. The van der Waals surface area contributed by atoms with Gasteiger partial charge in [-0.3, -0.25) is 9.59 Å². The second-order valence-electron chi connectivity index (χ2n) is 9.88. The van der Waals surface area contributed by atoms with Crippen molar-refractivity contribution in [1.29, 1.82) is 5.26 Å². The zero-order valence-electron chi connectivity index (χ0n) is 20.4. The van der Waals surface area contributed by atoms with Crippen molar-refractivity contribution >= 4 is 17.4 Å². The zero-order valence-corrected chi connectivity index (χ0v) is 20.4. The molecule has 7 heteroatoms. The summed E-state index contributed by atoms with van der Waals surface area (Å²) in [6, 6.07) is 15.0. The number of nitrogens with two attached hydrogens (primary N) is 1. The normalized spacial score (nSPS) is 18.9. The lowest BCUT2D eigenvalue weighted by atomic mass is 9.70. The quantitative estimate of drug-likeness (QED) is 0.649. The topological polar surface area (TPSA) is 114 Å². The van der Waals surface area contributed by atoms with Crippen molar-refractivity contribution in [3.8, 4) is 11.8 Å². The average molecular weight is 472 g/mol. The van der Waals surface area contributed by atoms with Crippen LogP contribution in [0.15, 0.2) is 65.3 Å². The first-order valence-electron chi connectivity index (χ1n) is 11.5. The molecule has 1 heterocycles. The average Bonchev–Trinajstić information content (AvgIpc) is 2.79. The lowest BCUT2D eigenvalue weighted by Gasteiger charge is -2.37. The molecule has 7 nitrogen and oxygen atoms in total. The number of ketones is 1. The number of nitrogens with zero attached hydrogens (tertiary/aromatic N) is 1. The highest BCUT2D eigenvalue weighted by Gasteiger charge is 2.42. The summed E-state index contributed by atoms with van der Waals surface area (Å²) in [5, 5.41) is 12.7. The van der Waals surface area contributed by atoms with Gasteiger partial charge in [-0.05, 0) is 48.1 Å². The summed E-state index contributed by atoms with van der Waals surface area (Å²) in [6.07, 6.45) is 0.946. The van der Waals surface area contributed by atoms with Crippen LogP contribution in [0.4, 0.5) is 5.69 Å². The number of carbonyl (C=O) groups excluding carboxylic acids is 2. The van der Waals surface area contributed by atoms with E-state index in [4.69, 9.17) is 15.2 Å². The van der Waals surface area contributed by atoms with E-state index in [0.29, 0.717) is 29.9 Å². The van der Waals surface area contributed by atoms with Crippen LogP contribution in [0.3, 0.4) is 0 Å². The van der Waals surface area contributed by atoms with Crippen LogP contribution in [0, 0.1) is 30.6 Å². The van der Waals surface area contributed by atoms with E-state index >= 15 is 0 Å². The predicted molar refractivity (Wildman–Crippen MR) is 132 cm³/mol. The minimum absolute atomic E-state index is 0.0326. The highest BCUT2D eigenvalue weighted by molar-refractivity contribution is 6.00. The number of ether oxygens (including phenoxy) is 2. The fraction of sp³-hybridized carbons (Fsp3) is 0.321. The van der Waals surface area contributed by atoms with Crippen LogP contribution in [0.25, 0.3) is 0 Å². The molecular formula is C28H29N3O4. The number of hydrogen-bond donors (Lipinski definition) is 2. The molecule has 0 radical (unpaired) electrons. The van der Waals surface area contributed by atoms with Crippen molar-refractivity contribution in [3.05, 3.63) is 81.9 Å². The van der Waals surface area contributed by atoms with Gasteiger partial charge in [0.25, 0.3) is 5.91 Å². The fourth-order valence-electron chi connectivity index (χ4n) is 4.71. The number of rotatable bonds is 5. The molecule has 4 rings (SSSR count). The van der Waals surface area contributed by atoms with Gasteiger partial charge in [0.05, 0.1) is 5.92 Å². The Hall–Kier alpha value is -4.05. The lowest BCUT2D eigenvalue weighted by molar-refractivity contribution is -0.119. The standard InChI is InChI=1S/C28H29N3O4/c1-16-6-5-7-17(2)26(16)31-23(33)15-34-19-10-8-18(9-11-19)24-20(14-29)27(30)35-22-13-28(3,4)12-21(32)25(22)24/h5-11,24H,12-13,15,30H2,1-4H3,(H,31,33). The van der Waals surface area contributed by atoms with Gasteiger partial charge in [0.15, 0.2) is 12.4 Å². The third kappa shape index (κ3) is 4.92. The summed E-state index contributed by atoms with van der Waals surface area (Å²) in [6.45, 7) is 7.75. The van der Waals surface area contributed by atoms with E-state index in [1.807, 2.05) is 45.9 Å². The summed E-state index contributed by atoms with van der Waals surface area (Å²) in [5.41, 5.74) is 10.0. The number of hydrogen-bond acceptors (Lipinski definition) is 6. The molecule has 0 spiro atoms. The number of Topliss-reactive ketones (excluding diaryl/α,β-unsaturated/α-hetero) is 1. The highest BCUT2D eigenvalue weighted by atomic mass is 16.5. The van der Waals surface area contributed by atoms with Crippen molar-refractivity contribution in [2.24, 2.45) is 11.1 Å². The maximum absolute atomic E-state index is 13.1. The molecule has 180 valence electrons. The van der Waals surface area contributed by atoms with Crippen molar-refractivity contribution < 1.29 is 19.1 Å². The molecule has 1 amide bonds. The molecule has 0 saturated heterocycles. The summed E-state index contributed by atoms with van der Waals surface area (Å²) >= 11 is 0. The Bertz CT molecular complexity index is 1280. The van der Waals surface area contributed by atoms with Crippen molar-refractivity contribution in [3.63, 3.8) is 0 Å². The molecule has 1 unspecified atom stereocenters. The van der Waals surface area contributed by atoms with Gasteiger partial charge in [-0.1, -0.05) is 44.2 Å². The Morgan fingerprint density at radius 2 is 1.83 bits per heavy atom. The number of nitrogens with one attached hydrogen (secondary N) is 1. The zero-order chi connectivity index (χ0) is 25.3. The molecule has 1 aliphatic carbocycles. The predicted octanol–water partition coefficient (Wildman–Crippen LogP) is 4.77. The van der Waals surface area contributed by atoms with Gasteiger partial charge in [0.1, 0.15) is 23.2 Å². The molecule has 1 aliphatic heterocycles. The number of carbonyl (C=O) groups is 2. The van der Waals surface area contributed by atoms with Gasteiger partial charge < -0.3 is 20.5 Å². The molecular weight excluding hydrogens is 442 g/mol. The highest BCUT2D eigenvalue weighted by Crippen LogP contribution is 2.47. The van der Waals surface area contributed by atoms with Crippen LogP contribution in [0.1, 0.15) is 49.3 Å². The van der Waals surface area contributed by atoms with Gasteiger partial charge >= 0.3 is 0 Å². The van der Waals surface area contributed by atoms with E-state index < -0.39 is 5.92 Å². The van der Waals surface area contributed by atoms with E-state index in [9.17, 15) is 14.9 Å². The van der Waals surface area contributed by atoms with Crippen LogP contribution in [-0.2, 0) is 14.3 Å². The van der Waals surface area contributed by atoms with E-state index in [1.165, 1.54) is 0 Å². The first-order chi connectivity index (χ1) is 16.6. The summed E-state index contributed by atoms with van der Waals surface area (Å²) < 4.78 is 11.4. The van der Waals surface area contributed by atoms with Crippen LogP contribution in [-0.4, -0.2) is 18.3 Å². The molecule has 3 N–H and O–H groups in total. The Morgan fingerprint density at radius 3 is 2.46 bits per heavy atom. The minimum Gasteiger partial charge on any atom is -0.484 e. The van der Waals surface area contributed by atoms with Crippen LogP contribution in [0.5, 0.6) is 5.75 Å². The number of anilines is 1. The van der Waals surface area contributed by atoms with Crippen molar-refractivity contribution in [2.45, 2.75) is 46.5 Å². The largest absolute Gasteiger partial charge is 0.484 e. The number of amides is 1. The van der Waals surface area contributed by atoms with E-state index in [0.717, 1.165) is 22.4 Å². The second-order valence-corrected chi connectivity index (χ2v) is 9.88. The number of benzene rings is 2. The smallest absolute Gasteiger partial charge is 0.262 e. The van der Waals surface area contributed by atoms with Gasteiger partial charge in [-0.25, -0.2) is 0 Å². The minimum atomic E-state index is -0.589. The van der Waals surface area contributed by atoms with E-state index in [1.54, 1.807) is 24.3 Å². The molecule has 2 aromatic rings. The SMILES string of the molecule is Cc1cccc(C)c1NC(=O)COc1ccc(C2C(C#N)=C(N)OC3=C2C(=O)CC(C)(C)C3)cc1. The maximum atomic E-state index is 13.1. The lowest BCUT2D eigenvalue weighted by Crippen LogP contribution is -2.33. The van der Waals surface area contributed by atoms with Crippen LogP contribution < -0.4 is 15.8 Å². The molecule has 0 saturated carbocycles. The number of allylic oxidation sites excluding steroid dienone is 3. The van der Waals surface area contributed by atoms with E-state index in [2.05, 4.69) is 11.4 Å². The first-order valence-corrected chi connectivity index (χ1v) is 11.5. The number of nitriles is 1. The first kappa shape index (κ1) is 24.1. The van der Waals surface area contributed by atoms with Crippen LogP contribution in [0.2, 0.25) is 0 Å². The molecule has 2 aromatic carbocycles. The Labute approximate surface area is 205 Å². The third-order valence-corrected chi connectivity index (χ3v) is 6.40. The molecule has 35 heavy (non-hydrogen) atoms. The van der Waals surface area contributed by atoms with Gasteiger partial charge in [-0.2, -0.15) is 5.26 Å². The molecule has 0 aromatic heterocycles. The molecule has 0 bridgehead atoms. The maximum Gasteiger partial charge on any atom is 0.262 e. The Balaban J connectivity index is 1.52. The second kappa shape index (κ2) is 9.30. The Morgan fingerprint density at radius 1 is 1.17 bits per heavy atom. The van der Waals surface area contributed by atoms with Gasteiger partial charge in [0.2, 0.25) is 5.88 Å².